The molecule has 118 valence electrons. The lowest BCUT2D eigenvalue weighted by Crippen LogP contribution is -2.65. The molecule has 0 saturated heterocycles. The minimum absolute atomic E-state index is 0.342. The third kappa shape index (κ3) is 3.06. The molecule has 0 bridgehead atoms. The molecule has 0 spiro atoms. The minimum Gasteiger partial charge on any atom is -0.378 e. The second-order valence-corrected chi connectivity index (χ2v) is 7.56. The molecule has 2 heteroatoms. The van der Waals surface area contributed by atoms with Crippen LogP contribution in [0.15, 0.2) is 0 Å². The molecule has 0 amide bonds. The van der Waals surface area contributed by atoms with Gasteiger partial charge in [-0.1, -0.05) is 40.5 Å². The SMILES string of the molecule is CCOC1CC(NC2CCCCC2C(C)C)C1(C)CC. The molecule has 0 heterocycles. The van der Waals surface area contributed by atoms with Crippen molar-refractivity contribution in [2.75, 3.05) is 6.61 Å². The first-order valence-corrected chi connectivity index (χ1v) is 8.90. The smallest absolute Gasteiger partial charge is 0.0658 e. The van der Waals surface area contributed by atoms with Crippen LogP contribution in [0.5, 0.6) is 0 Å². The Morgan fingerprint density at radius 3 is 2.50 bits per heavy atom. The monoisotopic (exact) mass is 281 g/mol. The van der Waals surface area contributed by atoms with Gasteiger partial charge in [-0.05, 0) is 44.4 Å². The van der Waals surface area contributed by atoms with E-state index in [0.717, 1.165) is 24.5 Å². The van der Waals surface area contributed by atoms with Crippen LogP contribution in [-0.4, -0.2) is 24.8 Å². The predicted octanol–water partition coefficient (Wildman–Crippen LogP) is 4.38. The Morgan fingerprint density at radius 1 is 1.20 bits per heavy atom. The highest BCUT2D eigenvalue weighted by molar-refractivity contribution is 5.06. The quantitative estimate of drug-likeness (QED) is 0.780. The van der Waals surface area contributed by atoms with Crippen LogP contribution in [0.2, 0.25) is 0 Å². The number of nitrogens with one attached hydrogen (secondary N) is 1. The van der Waals surface area contributed by atoms with Crippen molar-refractivity contribution in [3.8, 4) is 0 Å². The van der Waals surface area contributed by atoms with Gasteiger partial charge in [0.25, 0.3) is 0 Å². The lowest BCUT2D eigenvalue weighted by molar-refractivity contribution is -0.130. The highest BCUT2D eigenvalue weighted by atomic mass is 16.5. The zero-order valence-corrected chi connectivity index (χ0v) is 14.2. The molecule has 5 unspecified atom stereocenters. The number of hydrogen-bond donors (Lipinski definition) is 1. The van der Waals surface area contributed by atoms with E-state index in [2.05, 4.69) is 39.9 Å². The van der Waals surface area contributed by atoms with Crippen molar-refractivity contribution in [1.29, 1.82) is 0 Å². The fourth-order valence-electron chi connectivity index (χ4n) is 4.43. The molecule has 2 rings (SSSR count). The van der Waals surface area contributed by atoms with E-state index in [0.29, 0.717) is 17.6 Å². The van der Waals surface area contributed by atoms with Crippen LogP contribution in [0.4, 0.5) is 0 Å². The summed E-state index contributed by atoms with van der Waals surface area (Å²) < 4.78 is 5.94. The normalized spacial score (nSPS) is 41.7. The van der Waals surface area contributed by atoms with Crippen LogP contribution in [0.25, 0.3) is 0 Å². The predicted molar refractivity (Wildman–Crippen MR) is 85.9 cm³/mol. The zero-order chi connectivity index (χ0) is 14.8. The zero-order valence-electron chi connectivity index (χ0n) is 14.2. The molecule has 2 aliphatic rings. The van der Waals surface area contributed by atoms with Gasteiger partial charge in [0, 0.05) is 24.1 Å². The van der Waals surface area contributed by atoms with Gasteiger partial charge in [0.2, 0.25) is 0 Å². The molecule has 2 saturated carbocycles. The van der Waals surface area contributed by atoms with Crippen molar-refractivity contribution >= 4 is 0 Å². The molecule has 0 aromatic rings. The van der Waals surface area contributed by atoms with Crippen LogP contribution in [0.3, 0.4) is 0 Å². The van der Waals surface area contributed by atoms with Crippen LogP contribution in [0.1, 0.15) is 73.1 Å². The summed E-state index contributed by atoms with van der Waals surface area (Å²) >= 11 is 0. The van der Waals surface area contributed by atoms with E-state index in [9.17, 15) is 0 Å². The molecule has 0 aromatic carbocycles. The molecular formula is C18H35NO. The van der Waals surface area contributed by atoms with Gasteiger partial charge in [0.05, 0.1) is 6.10 Å². The first kappa shape index (κ1) is 16.3. The first-order chi connectivity index (χ1) is 9.52. The van der Waals surface area contributed by atoms with Crippen molar-refractivity contribution in [1.82, 2.24) is 5.32 Å². The fourth-order valence-corrected chi connectivity index (χ4v) is 4.43. The summed E-state index contributed by atoms with van der Waals surface area (Å²) in [4.78, 5) is 0. The summed E-state index contributed by atoms with van der Waals surface area (Å²) in [5, 5.41) is 4.04. The molecule has 0 aromatic heterocycles. The summed E-state index contributed by atoms with van der Waals surface area (Å²) in [5.74, 6) is 1.68. The Bertz CT molecular complexity index is 304. The highest BCUT2D eigenvalue weighted by Crippen LogP contribution is 2.47. The standard InChI is InChI=1S/C18H35NO/c1-6-18(5)16(12-17(18)20-7-2)19-15-11-9-8-10-14(15)13(3)4/h13-17,19H,6-12H2,1-5H3. The maximum atomic E-state index is 5.94. The van der Waals surface area contributed by atoms with Crippen LogP contribution in [-0.2, 0) is 4.74 Å². The first-order valence-electron chi connectivity index (χ1n) is 8.90. The Kier molecular flexibility index (Phi) is 5.53. The minimum atomic E-state index is 0.342. The summed E-state index contributed by atoms with van der Waals surface area (Å²) in [6.45, 7) is 12.5. The molecule has 0 aliphatic heterocycles. The van der Waals surface area contributed by atoms with Gasteiger partial charge in [-0.25, -0.2) is 0 Å². The van der Waals surface area contributed by atoms with Crippen LogP contribution < -0.4 is 5.32 Å². The molecule has 0 radical (unpaired) electrons. The topological polar surface area (TPSA) is 21.3 Å². The average Bonchev–Trinajstić information content (AvgIpc) is 2.45. The van der Waals surface area contributed by atoms with Crippen molar-refractivity contribution in [3.63, 3.8) is 0 Å². The van der Waals surface area contributed by atoms with Gasteiger partial charge in [-0.2, -0.15) is 0 Å². The summed E-state index contributed by atoms with van der Waals surface area (Å²) in [5.41, 5.74) is 0.342. The van der Waals surface area contributed by atoms with Crippen molar-refractivity contribution < 1.29 is 4.74 Å². The molecule has 2 fully saturated rings. The van der Waals surface area contributed by atoms with Crippen LogP contribution >= 0.6 is 0 Å². The lowest BCUT2D eigenvalue weighted by atomic mass is 9.60. The van der Waals surface area contributed by atoms with Crippen molar-refractivity contribution in [3.05, 3.63) is 0 Å². The number of ether oxygens (including phenoxy) is 1. The Labute approximate surface area is 126 Å². The molecule has 2 aliphatic carbocycles. The molecule has 20 heavy (non-hydrogen) atoms. The second kappa shape index (κ2) is 6.79. The number of hydrogen-bond acceptors (Lipinski definition) is 2. The van der Waals surface area contributed by atoms with Gasteiger partial charge >= 0.3 is 0 Å². The average molecular weight is 281 g/mol. The van der Waals surface area contributed by atoms with Gasteiger partial charge in [0.1, 0.15) is 0 Å². The van der Waals surface area contributed by atoms with E-state index in [-0.39, 0.29) is 0 Å². The Hall–Kier alpha value is -0.0800. The lowest BCUT2D eigenvalue weighted by Gasteiger charge is -2.55. The molecule has 5 atom stereocenters. The highest BCUT2D eigenvalue weighted by Gasteiger charge is 2.51. The van der Waals surface area contributed by atoms with E-state index in [4.69, 9.17) is 4.74 Å². The maximum absolute atomic E-state index is 5.94. The maximum Gasteiger partial charge on any atom is 0.0658 e. The van der Waals surface area contributed by atoms with E-state index < -0.39 is 0 Å². The van der Waals surface area contributed by atoms with Crippen molar-refractivity contribution in [2.24, 2.45) is 17.3 Å². The fraction of sp³-hybridized carbons (Fsp3) is 1.00. The largest absolute Gasteiger partial charge is 0.378 e. The van der Waals surface area contributed by atoms with E-state index >= 15 is 0 Å². The Balaban J connectivity index is 1.95. The molecule has 2 nitrogen and oxygen atoms in total. The summed E-state index contributed by atoms with van der Waals surface area (Å²) in [7, 11) is 0. The Morgan fingerprint density at radius 2 is 1.90 bits per heavy atom. The van der Waals surface area contributed by atoms with Gasteiger partial charge in [-0.15, -0.1) is 0 Å². The van der Waals surface area contributed by atoms with Gasteiger partial charge in [0.15, 0.2) is 0 Å². The molecule has 1 N–H and O–H groups in total. The third-order valence-electron chi connectivity index (χ3n) is 6.20. The number of rotatable bonds is 6. The van der Waals surface area contributed by atoms with Gasteiger partial charge in [-0.3, -0.25) is 0 Å². The van der Waals surface area contributed by atoms with Crippen molar-refractivity contribution in [2.45, 2.75) is 91.3 Å². The summed E-state index contributed by atoms with van der Waals surface area (Å²) in [6, 6.07) is 1.40. The van der Waals surface area contributed by atoms with E-state index in [1.54, 1.807) is 0 Å². The summed E-state index contributed by atoms with van der Waals surface area (Å²) in [6.07, 6.45) is 8.52. The van der Waals surface area contributed by atoms with E-state index in [1.165, 1.54) is 38.5 Å². The molecular weight excluding hydrogens is 246 g/mol. The third-order valence-corrected chi connectivity index (χ3v) is 6.20. The second-order valence-electron chi connectivity index (χ2n) is 7.56. The van der Waals surface area contributed by atoms with Gasteiger partial charge < -0.3 is 10.1 Å². The van der Waals surface area contributed by atoms with Crippen LogP contribution in [0, 0.1) is 17.3 Å². The van der Waals surface area contributed by atoms with E-state index in [1.807, 2.05) is 0 Å².